The van der Waals surface area contributed by atoms with Crippen molar-refractivity contribution < 1.29 is 9.47 Å². The van der Waals surface area contributed by atoms with Crippen LogP contribution in [0, 0.1) is 11.3 Å². The fraction of sp³-hybridized carbons (Fsp3) is 1.00. The van der Waals surface area contributed by atoms with Crippen molar-refractivity contribution in [1.29, 1.82) is 0 Å². The lowest BCUT2D eigenvalue weighted by atomic mass is 9.60. The van der Waals surface area contributed by atoms with Gasteiger partial charge in [0.2, 0.25) is 0 Å². The van der Waals surface area contributed by atoms with Crippen LogP contribution in [0.15, 0.2) is 0 Å². The topological polar surface area (TPSA) is 30.5 Å². The van der Waals surface area contributed by atoms with Crippen LogP contribution in [0.25, 0.3) is 0 Å². The van der Waals surface area contributed by atoms with Crippen molar-refractivity contribution in [2.24, 2.45) is 11.3 Å². The highest BCUT2D eigenvalue weighted by Crippen LogP contribution is 2.54. The van der Waals surface area contributed by atoms with Gasteiger partial charge >= 0.3 is 0 Å². The Morgan fingerprint density at radius 1 is 1.25 bits per heavy atom. The van der Waals surface area contributed by atoms with Gasteiger partial charge in [-0.1, -0.05) is 26.7 Å². The first-order valence-corrected chi connectivity index (χ1v) is 8.61. The summed E-state index contributed by atoms with van der Waals surface area (Å²) in [5.74, 6) is 0.642. The van der Waals surface area contributed by atoms with Gasteiger partial charge in [0.1, 0.15) is 0 Å². The highest BCUT2D eigenvalue weighted by Gasteiger charge is 2.56. The summed E-state index contributed by atoms with van der Waals surface area (Å²) in [7, 11) is 0. The van der Waals surface area contributed by atoms with E-state index < -0.39 is 0 Å². The molecule has 2 aliphatic carbocycles. The Balaban J connectivity index is 1.63. The van der Waals surface area contributed by atoms with Crippen LogP contribution in [0.4, 0.5) is 0 Å². The summed E-state index contributed by atoms with van der Waals surface area (Å²) in [6, 6.07) is 0.687. The monoisotopic (exact) mass is 283 g/mol. The minimum absolute atomic E-state index is 0.467. The van der Waals surface area contributed by atoms with E-state index in [1.807, 2.05) is 0 Å². The SMILES string of the molecule is CCOC1CC(NCCCOCC(C)C)C12CCCC2. The summed E-state index contributed by atoms with van der Waals surface area (Å²) in [6.07, 6.45) is 8.35. The second kappa shape index (κ2) is 7.77. The van der Waals surface area contributed by atoms with Crippen molar-refractivity contribution >= 4 is 0 Å². The predicted molar refractivity (Wildman–Crippen MR) is 83.0 cm³/mol. The number of rotatable bonds is 9. The molecule has 2 aliphatic rings. The molecule has 2 unspecified atom stereocenters. The standard InChI is InChI=1S/C17H33NO2/c1-4-20-16-12-15(17(16)8-5-6-9-17)18-10-7-11-19-13-14(2)3/h14-16,18H,4-13H2,1-3H3. The Labute approximate surface area is 124 Å². The van der Waals surface area contributed by atoms with E-state index in [0.29, 0.717) is 23.5 Å². The van der Waals surface area contributed by atoms with Crippen LogP contribution < -0.4 is 5.32 Å². The molecule has 0 saturated heterocycles. The molecule has 3 heteroatoms. The summed E-state index contributed by atoms with van der Waals surface area (Å²) >= 11 is 0. The van der Waals surface area contributed by atoms with E-state index in [-0.39, 0.29) is 0 Å². The average molecular weight is 283 g/mol. The molecule has 2 saturated carbocycles. The minimum Gasteiger partial charge on any atom is -0.381 e. The molecular formula is C17H33NO2. The van der Waals surface area contributed by atoms with Gasteiger partial charge in [0.25, 0.3) is 0 Å². The summed E-state index contributed by atoms with van der Waals surface area (Å²) in [5.41, 5.74) is 0.467. The van der Waals surface area contributed by atoms with Gasteiger partial charge in [0.15, 0.2) is 0 Å². The molecule has 118 valence electrons. The van der Waals surface area contributed by atoms with Gasteiger partial charge in [0, 0.05) is 31.3 Å². The molecule has 20 heavy (non-hydrogen) atoms. The maximum atomic E-state index is 5.95. The molecule has 0 aromatic rings. The Bertz CT molecular complexity index is 274. The van der Waals surface area contributed by atoms with Crippen molar-refractivity contribution in [2.45, 2.75) is 71.4 Å². The van der Waals surface area contributed by atoms with Crippen molar-refractivity contribution in [3.05, 3.63) is 0 Å². The Morgan fingerprint density at radius 3 is 2.65 bits per heavy atom. The highest BCUT2D eigenvalue weighted by molar-refractivity contribution is 5.09. The zero-order chi connectivity index (χ0) is 14.4. The van der Waals surface area contributed by atoms with Crippen LogP contribution in [0.1, 0.15) is 59.3 Å². The molecular weight excluding hydrogens is 250 g/mol. The number of hydrogen-bond acceptors (Lipinski definition) is 3. The second-order valence-corrected chi connectivity index (χ2v) is 6.95. The van der Waals surface area contributed by atoms with E-state index in [1.54, 1.807) is 0 Å². The molecule has 0 aromatic carbocycles. The molecule has 0 radical (unpaired) electrons. The lowest BCUT2D eigenvalue weighted by Gasteiger charge is -2.54. The van der Waals surface area contributed by atoms with Crippen LogP contribution in [-0.4, -0.2) is 38.5 Å². The van der Waals surface area contributed by atoms with E-state index in [9.17, 15) is 0 Å². The second-order valence-electron chi connectivity index (χ2n) is 6.95. The maximum Gasteiger partial charge on any atom is 0.0661 e. The summed E-state index contributed by atoms with van der Waals surface area (Å²) in [6.45, 7) is 10.2. The molecule has 0 aliphatic heterocycles. The van der Waals surface area contributed by atoms with Crippen LogP contribution >= 0.6 is 0 Å². The molecule has 1 N–H and O–H groups in total. The van der Waals surface area contributed by atoms with Gasteiger partial charge in [0.05, 0.1) is 6.10 Å². The van der Waals surface area contributed by atoms with Gasteiger partial charge in [-0.2, -0.15) is 0 Å². The van der Waals surface area contributed by atoms with Gasteiger partial charge in [-0.3, -0.25) is 0 Å². The van der Waals surface area contributed by atoms with Crippen molar-refractivity contribution in [1.82, 2.24) is 5.32 Å². The number of nitrogens with one attached hydrogen (secondary N) is 1. The summed E-state index contributed by atoms with van der Waals surface area (Å²) in [5, 5.41) is 3.77. The summed E-state index contributed by atoms with van der Waals surface area (Å²) < 4.78 is 11.6. The van der Waals surface area contributed by atoms with Crippen LogP contribution in [0.3, 0.4) is 0 Å². The minimum atomic E-state index is 0.467. The van der Waals surface area contributed by atoms with E-state index in [1.165, 1.54) is 32.1 Å². The van der Waals surface area contributed by atoms with E-state index in [0.717, 1.165) is 32.8 Å². The molecule has 0 aromatic heterocycles. The van der Waals surface area contributed by atoms with Crippen LogP contribution in [-0.2, 0) is 9.47 Å². The smallest absolute Gasteiger partial charge is 0.0661 e. The summed E-state index contributed by atoms with van der Waals surface area (Å²) in [4.78, 5) is 0. The van der Waals surface area contributed by atoms with Gasteiger partial charge in [-0.25, -0.2) is 0 Å². The van der Waals surface area contributed by atoms with Crippen molar-refractivity contribution in [2.75, 3.05) is 26.4 Å². The lowest BCUT2D eigenvalue weighted by molar-refractivity contribution is -0.130. The van der Waals surface area contributed by atoms with Gasteiger partial charge in [-0.05, 0) is 45.1 Å². The highest BCUT2D eigenvalue weighted by atomic mass is 16.5. The zero-order valence-corrected chi connectivity index (χ0v) is 13.6. The van der Waals surface area contributed by atoms with Crippen molar-refractivity contribution in [3.8, 4) is 0 Å². The van der Waals surface area contributed by atoms with E-state index in [4.69, 9.17) is 9.47 Å². The number of hydrogen-bond donors (Lipinski definition) is 1. The van der Waals surface area contributed by atoms with Gasteiger partial charge < -0.3 is 14.8 Å². The molecule has 2 fully saturated rings. The normalized spacial score (nSPS) is 28.2. The zero-order valence-electron chi connectivity index (χ0n) is 13.6. The third-order valence-corrected chi connectivity index (χ3v) is 4.99. The van der Waals surface area contributed by atoms with Crippen LogP contribution in [0.2, 0.25) is 0 Å². The third-order valence-electron chi connectivity index (χ3n) is 4.99. The molecule has 3 nitrogen and oxygen atoms in total. The first kappa shape index (κ1) is 16.3. The predicted octanol–water partition coefficient (Wildman–Crippen LogP) is 3.38. The largest absolute Gasteiger partial charge is 0.381 e. The molecule has 1 spiro atoms. The Hall–Kier alpha value is -0.120. The first-order chi connectivity index (χ1) is 9.69. The fourth-order valence-corrected chi connectivity index (χ4v) is 3.94. The molecule has 0 bridgehead atoms. The van der Waals surface area contributed by atoms with Gasteiger partial charge in [-0.15, -0.1) is 0 Å². The maximum absolute atomic E-state index is 5.95. The fourth-order valence-electron chi connectivity index (χ4n) is 3.94. The van der Waals surface area contributed by atoms with E-state index >= 15 is 0 Å². The number of ether oxygens (including phenoxy) is 2. The Kier molecular flexibility index (Phi) is 6.31. The quantitative estimate of drug-likeness (QED) is 0.658. The van der Waals surface area contributed by atoms with Crippen LogP contribution in [0.5, 0.6) is 0 Å². The first-order valence-electron chi connectivity index (χ1n) is 8.61. The molecule has 0 amide bonds. The molecule has 2 atom stereocenters. The molecule has 0 heterocycles. The van der Waals surface area contributed by atoms with E-state index in [2.05, 4.69) is 26.1 Å². The lowest BCUT2D eigenvalue weighted by Crippen LogP contribution is -2.62. The molecule has 2 rings (SSSR count). The van der Waals surface area contributed by atoms with Crippen molar-refractivity contribution in [3.63, 3.8) is 0 Å². The average Bonchev–Trinajstić information content (AvgIpc) is 2.92. The Morgan fingerprint density at radius 2 is 2.00 bits per heavy atom. The third kappa shape index (κ3) is 3.75.